The molecule has 1 heterocycles. The summed E-state index contributed by atoms with van der Waals surface area (Å²) in [6.07, 6.45) is 7.25. The molecule has 0 unspecified atom stereocenters. The third kappa shape index (κ3) is 2.82. The summed E-state index contributed by atoms with van der Waals surface area (Å²) in [5, 5.41) is 0. The average molecular weight is 221 g/mol. The fourth-order valence-electron chi connectivity index (χ4n) is 1.76. The molecule has 0 bridgehead atoms. The number of aromatic nitrogens is 2. The zero-order chi connectivity index (χ0) is 11.4. The molecule has 88 valence electrons. The molecule has 1 aromatic rings. The molecule has 1 fully saturated rings. The van der Waals surface area contributed by atoms with Crippen LogP contribution in [0.15, 0.2) is 12.4 Å². The number of nitrogens with zero attached hydrogens (tertiary/aromatic N) is 3. The van der Waals surface area contributed by atoms with Gasteiger partial charge in [-0.05, 0) is 25.2 Å². The van der Waals surface area contributed by atoms with Crippen molar-refractivity contribution in [2.24, 2.45) is 11.8 Å². The molecule has 1 saturated carbocycles. The summed E-state index contributed by atoms with van der Waals surface area (Å²) in [4.78, 5) is 10.9. The number of hydrogen-bond acceptors (Lipinski definition) is 5. The van der Waals surface area contributed by atoms with Gasteiger partial charge in [0.05, 0.1) is 12.4 Å². The summed E-state index contributed by atoms with van der Waals surface area (Å²) in [6, 6.07) is 0. The predicted molar refractivity (Wildman–Crippen MR) is 65.1 cm³/mol. The lowest BCUT2D eigenvalue weighted by Gasteiger charge is -2.22. The fourth-order valence-corrected chi connectivity index (χ4v) is 1.76. The first-order chi connectivity index (χ1) is 7.83. The molecule has 5 heteroatoms. The summed E-state index contributed by atoms with van der Waals surface area (Å²) in [7, 11) is 0. The van der Waals surface area contributed by atoms with Crippen LogP contribution in [0.5, 0.6) is 0 Å². The van der Waals surface area contributed by atoms with Crippen molar-refractivity contribution in [3.05, 3.63) is 12.4 Å². The second-order valence-corrected chi connectivity index (χ2v) is 4.30. The van der Waals surface area contributed by atoms with Crippen molar-refractivity contribution >= 4 is 11.6 Å². The minimum absolute atomic E-state index is 0.620. The van der Waals surface area contributed by atoms with E-state index in [1.807, 2.05) is 0 Å². The quantitative estimate of drug-likeness (QED) is 0.561. The molecule has 1 aliphatic rings. The minimum Gasteiger partial charge on any atom is -0.355 e. The van der Waals surface area contributed by atoms with Crippen LogP contribution in [0.1, 0.15) is 26.2 Å². The number of nitrogen functional groups attached to an aromatic ring is 1. The molecule has 5 nitrogen and oxygen atoms in total. The Morgan fingerprint density at radius 3 is 2.94 bits per heavy atom. The Bertz CT molecular complexity index is 337. The van der Waals surface area contributed by atoms with Gasteiger partial charge in [-0.2, -0.15) is 0 Å². The van der Waals surface area contributed by atoms with Crippen LogP contribution in [0.25, 0.3) is 0 Å². The van der Waals surface area contributed by atoms with Crippen molar-refractivity contribution in [3.8, 4) is 0 Å². The van der Waals surface area contributed by atoms with Crippen molar-refractivity contribution in [3.63, 3.8) is 0 Å². The van der Waals surface area contributed by atoms with E-state index < -0.39 is 0 Å². The van der Waals surface area contributed by atoms with Crippen LogP contribution < -0.4 is 16.2 Å². The van der Waals surface area contributed by atoms with Crippen LogP contribution in [0.3, 0.4) is 0 Å². The second kappa shape index (κ2) is 5.12. The molecule has 1 aliphatic carbocycles. The van der Waals surface area contributed by atoms with E-state index in [-0.39, 0.29) is 0 Å². The van der Waals surface area contributed by atoms with Crippen molar-refractivity contribution in [2.45, 2.75) is 26.2 Å². The Labute approximate surface area is 96.0 Å². The van der Waals surface area contributed by atoms with Crippen molar-refractivity contribution < 1.29 is 0 Å². The van der Waals surface area contributed by atoms with E-state index in [0.29, 0.717) is 5.82 Å². The molecule has 0 saturated heterocycles. The van der Waals surface area contributed by atoms with Crippen LogP contribution in [-0.2, 0) is 0 Å². The summed E-state index contributed by atoms with van der Waals surface area (Å²) in [5.74, 6) is 7.73. The number of hydrogen-bond donors (Lipinski definition) is 2. The number of hydrazine groups is 1. The van der Waals surface area contributed by atoms with E-state index in [4.69, 9.17) is 5.84 Å². The number of anilines is 2. The van der Waals surface area contributed by atoms with Crippen molar-refractivity contribution in [1.82, 2.24) is 9.97 Å². The van der Waals surface area contributed by atoms with Gasteiger partial charge in [0.25, 0.3) is 0 Å². The topological polar surface area (TPSA) is 67.1 Å². The van der Waals surface area contributed by atoms with Gasteiger partial charge in [-0.25, -0.2) is 10.8 Å². The van der Waals surface area contributed by atoms with Crippen LogP contribution in [-0.4, -0.2) is 23.1 Å². The maximum Gasteiger partial charge on any atom is 0.160 e. The van der Waals surface area contributed by atoms with Gasteiger partial charge in [-0.15, -0.1) is 0 Å². The maximum atomic E-state index is 5.34. The lowest BCUT2D eigenvalue weighted by atomic mass is 10.3. The number of nitrogens with two attached hydrogens (primary N) is 1. The smallest absolute Gasteiger partial charge is 0.160 e. The second-order valence-electron chi connectivity index (χ2n) is 4.30. The van der Waals surface area contributed by atoms with E-state index in [9.17, 15) is 0 Å². The van der Waals surface area contributed by atoms with E-state index in [0.717, 1.165) is 31.2 Å². The van der Waals surface area contributed by atoms with Gasteiger partial charge < -0.3 is 10.3 Å². The Balaban J connectivity index is 2.08. The van der Waals surface area contributed by atoms with Crippen LogP contribution >= 0.6 is 0 Å². The maximum absolute atomic E-state index is 5.34. The molecular formula is C11H19N5. The summed E-state index contributed by atoms with van der Waals surface area (Å²) in [6.45, 7) is 4.30. The largest absolute Gasteiger partial charge is 0.355 e. The van der Waals surface area contributed by atoms with E-state index in [1.54, 1.807) is 12.4 Å². The highest BCUT2D eigenvalue weighted by molar-refractivity contribution is 5.43. The highest BCUT2D eigenvalue weighted by atomic mass is 15.3. The first kappa shape index (κ1) is 11.1. The fraction of sp³-hybridized carbons (Fsp3) is 0.636. The highest BCUT2D eigenvalue weighted by Gasteiger charge is 2.24. The Hall–Kier alpha value is -1.36. The molecule has 16 heavy (non-hydrogen) atoms. The first-order valence-electron chi connectivity index (χ1n) is 5.87. The molecule has 0 aromatic carbocycles. The monoisotopic (exact) mass is 221 g/mol. The third-order valence-corrected chi connectivity index (χ3v) is 2.76. The summed E-state index contributed by atoms with van der Waals surface area (Å²) in [5.41, 5.74) is 2.53. The lowest BCUT2D eigenvalue weighted by Crippen LogP contribution is -2.28. The van der Waals surface area contributed by atoms with Crippen molar-refractivity contribution in [2.75, 3.05) is 23.4 Å². The van der Waals surface area contributed by atoms with Gasteiger partial charge >= 0.3 is 0 Å². The highest BCUT2D eigenvalue weighted by Crippen LogP contribution is 2.31. The minimum atomic E-state index is 0.620. The van der Waals surface area contributed by atoms with E-state index in [1.165, 1.54) is 12.8 Å². The van der Waals surface area contributed by atoms with Gasteiger partial charge in [0.2, 0.25) is 0 Å². The summed E-state index contributed by atoms with van der Waals surface area (Å²) >= 11 is 0. The molecular weight excluding hydrogens is 202 g/mol. The average Bonchev–Trinajstić information content (AvgIpc) is 3.12. The predicted octanol–water partition coefficient (Wildman–Crippen LogP) is 1.39. The zero-order valence-corrected chi connectivity index (χ0v) is 9.69. The Kier molecular flexibility index (Phi) is 3.56. The molecule has 0 aliphatic heterocycles. The molecule has 2 rings (SSSR count). The Morgan fingerprint density at radius 1 is 1.50 bits per heavy atom. The van der Waals surface area contributed by atoms with Gasteiger partial charge in [-0.3, -0.25) is 4.98 Å². The van der Waals surface area contributed by atoms with Gasteiger partial charge in [0.15, 0.2) is 5.82 Å². The van der Waals surface area contributed by atoms with Crippen molar-refractivity contribution in [1.29, 1.82) is 0 Å². The number of nitrogens with one attached hydrogen (secondary N) is 1. The van der Waals surface area contributed by atoms with E-state index >= 15 is 0 Å². The van der Waals surface area contributed by atoms with Crippen LogP contribution in [0.2, 0.25) is 0 Å². The third-order valence-electron chi connectivity index (χ3n) is 2.76. The van der Waals surface area contributed by atoms with Crippen LogP contribution in [0.4, 0.5) is 11.6 Å². The first-order valence-corrected chi connectivity index (χ1v) is 5.87. The zero-order valence-electron chi connectivity index (χ0n) is 9.69. The van der Waals surface area contributed by atoms with Gasteiger partial charge in [0.1, 0.15) is 5.82 Å². The number of rotatable bonds is 6. The van der Waals surface area contributed by atoms with E-state index in [2.05, 4.69) is 27.2 Å². The lowest BCUT2D eigenvalue weighted by molar-refractivity contribution is 0.697. The van der Waals surface area contributed by atoms with Gasteiger partial charge in [-0.1, -0.05) is 6.92 Å². The molecule has 1 aromatic heterocycles. The molecule has 0 radical (unpaired) electrons. The normalized spacial score (nSPS) is 14.9. The molecule has 0 atom stereocenters. The Morgan fingerprint density at radius 2 is 2.31 bits per heavy atom. The molecule has 0 spiro atoms. The molecule has 0 amide bonds. The standard InChI is InChI=1S/C11H19N5/c1-2-5-16(8-9-3-4-9)11-7-13-6-10(14-11)15-12/h6-7,9H,2-5,8,12H2,1H3,(H,14,15). The van der Waals surface area contributed by atoms with Gasteiger partial charge in [0, 0.05) is 13.1 Å². The molecule has 3 N–H and O–H groups in total. The SMILES string of the molecule is CCCN(CC1CC1)c1cncc(NN)n1. The van der Waals surface area contributed by atoms with Crippen LogP contribution in [0, 0.1) is 5.92 Å². The summed E-state index contributed by atoms with van der Waals surface area (Å²) < 4.78 is 0.